The van der Waals surface area contributed by atoms with Crippen molar-refractivity contribution in [1.82, 2.24) is 20.2 Å². The van der Waals surface area contributed by atoms with Gasteiger partial charge < -0.3 is 14.5 Å². The molecule has 2 aromatic heterocycles. The van der Waals surface area contributed by atoms with Gasteiger partial charge in [-0.1, -0.05) is 43.7 Å². The number of anilines is 1. The van der Waals surface area contributed by atoms with Crippen molar-refractivity contribution in [2.45, 2.75) is 32.2 Å². The van der Waals surface area contributed by atoms with E-state index in [4.69, 9.17) is 9.15 Å². The molecule has 0 saturated heterocycles. The Morgan fingerprint density at radius 2 is 1.90 bits per heavy atom. The summed E-state index contributed by atoms with van der Waals surface area (Å²) in [7, 11) is 0. The second kappa shape index (κ2) is 9.63. The quantitative estimate of drug-likeness (QED) is 0.259. The first-order valence-electron chi connectivity index (χ1n) is 12.4. The molecule has 0 fully saturated rings. The lowest BCUT2D eigenvalue weighted by Gasteiger charge is -2.14. The number of aromatic nitrogens is 4. The minimum Gasteiger partial charge on any atom is -0.453 e. The van der Waals surface area contributed by atoms with Crippen molar-refractivity contribution in [3.05, 3.63) is 94.5 Å². The van der Waals surface area contributed by atoms with Gasteiger partial charge in [-0.15, -0.1) is 5.10 Å². The van der Waals surface area contributed by atoms with Crippen LogP contribution in [-0.2, 0) is 17.3 Å². The third kappa shape index (κ3) is 4.46. The van der Waals surface area contributed by atoms with Crippen LogP contribution in [0.4, 0.5) is 18.9 Å². The number of amides is 1. The Balaban J connectivity index is 1.27. The number of cyclic esters (lactones) is 1. The summed E-state index contributed by atoms with van der Waals surface area (Å²) in [6.07, 6.45) is -4.58. The molecule has 0 saturated carbocycles. The van der Waals surface area contributed by atoms with Gasteiger partial charge in [0.25, 0.3) is 5.91 Å². The number of nitrogens with one attached hydrogen (secondary N) is 1. The van der Waals surface area contributed by atoms with Gasteiger partial charge in [0, 0.05) is 22.2 Å². The highest BCUT2D eigenvalue weighted by atomic mass is 19.4. The second-order valence-electron chi connectivity index (χ2n) is 9.23. The number of nitrogens with zero attached hydrogens (tertiary/aromatic N) is 4. The number of carbonyl (C=O) groups is 2. The summed E-state index contributed by atoms with van der Waals surface area (Å²) in [5.41, 5.74) is 0.961. The number of tetrazole rings is 1. The molecule has 6 rings (SSSR count). The molecule has 0 bridgehead atoms. The van der Waals surface area contributed by atoms with E-state index >= 15 is 0 Å². The van der Waals surface area contributed by atoms with Crippen LogP contribution in [0.2, 0.25) is 0 Å². The van der Waals surface area contributed by atoms with Crippen LogP contribution in [0.5, 0.6) is 0 Å². The fourth-order valence-electron chi connectivity index (χ4n) is 4.71. The van der Waals surface area contributed by atoms with E-state index in [9.17, 15) is 22.8 Å². The van der Waals surface area contributed by atoms with E-state index in [-0.39, 0.29) is 34.8 Å². The lowest BCUT2D eigenvalue weighted by Crippen LogP contribution is -2.14. The Hall–Kier alpha value is -5.00. The molecule has 12 heteroatoms. The number of benzene rings is 3. The lowest BCUT2D eigenvalue weighted by molar-refractivity contribution is -0.138. The molecule has 0 radical (unpaired) electrons. The summed E-state index contributed by atoms with van der Waals surface area (Å²) in [6, 6.07) is 17.0. The molecule has 1 atom stereocenters. The number of fused-ring (bicyclic) bond motifs is 2. The molecule has 0 spiro atoms. The van der Waals surface area contributed by atoms with E-state index in [0.29, 0.717) is 28.5 Å². The van der Waals surface area contributed by atoms with Crippen molar-refractivity contribution >= 4 is 28.5 Å². The maximum absolute atomic E-state index is 13.6. The van der Waals surface area contributed by atoms with E-state index in [1.807, 2.05) is 0 Å². The number of esters is 1. The molecular formula is C28H20F3N5O4. The first-order valence-corrected chi connectivity index (χ1v) is 12.4. The van der Waals surface area contributed by atoms with E-state index in [1.165, 1.54) is 28.9 Å². The zero-order valence-corrected chi connectivity index (χ0v) is 20.9. The van der Waals surface area contributed by atoms with E-state index in [1.54, 1.807) is 43.3 Å². The molecule has 3 heterocycles. The van der Waals surface area contributed by atoms with Crippen LogP contribution >= 0.6 is 0 Å². The highest BCUT2D eigenvalue weighted by Gasteiger charge is 2.35. The van der Waals surface area contributed by atoms with Crippen LogP contribution in [0, 0.1) is 0 Å². The van der Waals surface area contributed by atoms with Gasteiger partial charge in [-0.2, -0.15) is 17.9 Å². The molecule has 1 amide bonds. The zero-order valence-electron chi connectivity index (χ0n) is 20.9. The number of ether oxygens (including phenoxy) is 1. The summed E-state index contributed by atoms with van der Waals surface area (Å²) in [5, 5.41) is 14.9. The number of aryl methyl sites for hydroxylation is 1. The maximum Gasteiger partial charge on any atom is 0.416 e. The molecule has 5 aromatic rings. The van der Waals surface area contributed by atoms with Crippen molar-refractivity contribution in [2.75, 3.05) is 5.32 Å². The highest BCUT2D eigenvalue weighted by Crippen LogP contribution is 2.36. The Labute approximate surface area is 224 Å². The average Bonchev–Trinajstić information content (AvgIpc) is 3.65. The van der Waals surface area contributed by atoms with Crippen molar-refractivity contribution in [3.63, 3.8) is 0 Å². The number of carbonyl (C=O) groups excluding carboxylic acids is 2. The van der Waals surface area contributed by atoms with Gasteiger partial charge in [-0.3, -0.25) is 4.79 Å². The summed E-state index contributed by atoms with van der Waals surface area (Å²) >= 11 is 0. The third-order valence-corrected chi connectivity index (χ3v) is 6.58. The molecule has 1 N–H and O–H groups in total. The molecule has 0 aliphatic carbocycles. The molecule has 1 aliphatic rings. The predicted molar refractivity (Wildman–Crippen MR) is 136 cm³/mol. The van der Waals surface area contributed by atoms with Gasteiger partial charge in [-0.05, 0) is 58.8 Å². The van der Waals surface area contributed by atoms with Crippen LogP contribution < -0.4 is 5.32 Å². The van der Waals surface area contributed by atoms with Gasteiger partial charge in [0.15, 0.2) is 5.76 Å². The standard InChI is InChI=1S/C28H20F3N5O4/c1-2-5-15-10-11-18(14-21(15)28(29,30)31)32-25(37)17-9-8-16-12-23(39-22(16)13-17)24-33-34-35-36(24)26-19-6-3-4-7-20(19)27(38)40-26/h3-4,6-14,26H,2,5H2,1H3,(H,32,37). The summed E-state index contributed by atoms with van der Waals surface area (Å²) < 4.78 is 53.4. The maximum atomic E-state index is 13.6. The largest absolute Gasteiger partial charge is 0.453 e. The monoisotopic (exact) mass is 547 g/mol. The summed E-state index contributed by atoms with van der Waals surface area (Å²) in [4.78, 5) is 25.2. The molecular weight excluding hydrogens is 527 g/mol. The normalized spacial score (nSPS) is 14.8. The fourth-order valence-corrected chi connectivity index (χ4v) is 4.71. The Morgan fingerprint density at radius 1 is 1.07 bits per heavy atom. The number of rotatable bonds is 6. The SMILES string of the molecule is CCCc1ccc(NC(=O)c2ccc3cc(-c4nnnn4C4OC(=O)c5ccccc54)oc3c2)cc1C(F)(F)F. The van der Waals surface area contributed by atoms with Crippen molar-refractivity contribution in [1.29, 1.82) is 0 Å². The van der Waals surface area contributed by atoms with Gasteiger partial charge in [0.2, 0.25) is 12.1 Å². The lowest BCUT2D eigenvalue weighted by atomic mass is 10.0. The molecule has 202 valence electrons. The van der Waals surface area contributed by atoms with Crippen LogP contribution in [0.25, 0.3) is 22.6 Å². The Bertz CT molecular complexity index is 1780. The Morgan fingerprint density at radius 3 is 2.70 bits per heavy atom. The second-order valence-corrected chi connectivity index (χ2v) is 9.23. The van der Waals surface area contributed by atoms with Crippen LogP contribution in [0.15, 0.2) is 71.1 Å². The minimum absolute atomic E-state index is 0.0305. The number of halogens is 3. The topological polar surface area (TPSA) is 112 Å². The molecule has 1 aliphatic heterocycles. The van der Waals surface area contributed by atoms with Crippen LogP contribution in [0.1, 0.15) is 57.0 Å². The van der Waals surface area contributed by atoms with E-state index < -0.39 is 29.8 Å². The predicted octanol–water partition coefficient (Wildman–Crippen LogP) is 6.03. The number of hydrogen-bond acceptors (Lipinski definition) is 7. The van der Waals surface area contributed by atoms with Crippen LogP contribution in [-0.4, -0.2) is 32.1 Å². The third-order valence-electron chi connectivity index (χ3n) is 6.58. The molecule has 3 aromatic carbocycles. The number of alkyl halides is 3. The van der Waals surface area contributed by atoms with Gasteiger partial charge in [-0.25, -0.2) is 4.79 Å². The average molecular weight is 547 g/mol. The molecule has 40 heavy (non-hydrogen) atoms. The summed E-state index contributed by atoms with van der Waals surface area (Å²) in [6.45, 7) is 1.80. The zero-order chi connectivity index (χ0) is 28.0. The smallest absolute Gasteiger partial charge is 0.416 e. The molecule has 9 nitrogen and oxygen atoms in total. The van der Waals surface area contributed by atoms with Crippen molar-refractivity contribution in [3.8, 4) is 11.6 Å². The Kier molecular flexibility index (Phi) is 6.09. The van der Waals surface area contributed by atoms with Crippen molar-refractivity contribution < 1.29 is 31.9 Å². The van der Waals surface area contributed by atoms with Gasteiger partial charge in [0.1, 0.15) is 5.58 Å². The molecule has 1 unspecified atom stereocenters. The number of hydrogen-bond donors (Lipinski definition) is 1. The number of furan rings is 1. The highest BCUT2D eigenvalue weighted by molar-refractivity contribution is 6.06. The van der Waals surface area contributed by atoms with Crippen molar-refractivity contribution in [2.24, 2.45) is 0 Å². The first kappa shape index (κ1) is 25.3. The van der Waals surface area contributed by atoms with Gasteiger partial charge in [0.05, 0.1) is 11.1 Å². The van der Waals surface area contributed by atoms with Gasteiger partial charge >= 0.3 is 12.1 Å². The first-order chi connectivity index (χ1) is 19.2. The summed E-state index contributed by atoms with van der Waals surface area (Å²) in [5.74, 6) is -0.636. The fraction of sp³-hybridized carbons (Fsp3) is 0.179. The van der Waals surface area contributed by atoms with E-state index in [0.717, 1.165) is 6.07 Å². The minimum atomic E-state index is -4.54. The van der Waals surface area contributed by atoms with E-state index in [2.05, 4.69) is 20.8 Å². The van der Waals surface area contributed by atoms with Crippen LogP contribution in [0.3, 0.4) is 0 Å².